The van der Waals surface area contributed by atoms with Crippen LogP contribution in [0.25, 0.3) is 0 Å². The van der Waals surface area contributed by atoms with E-state index in [0.29, 0.717) is 19.4 Å². The number of nitrogens with one attached hydrogen (secondary N) is 1. The Morgan fingerprint density at radius 2 is 1.81 bits per heavy atom. The third-order valence-electron chi connectivity index (χ3n) is 5.85. The number of nitriles is 1. The highest BCUT2D eigenvalue weighted by Gasteiger charge is 2.39. The second kappa shape index (κ2) is 9.75. The molecule has 5 nitrogen and oxygen atoms in total. The maximum Gasteiger partial charge on any atom is 0.240 e. The largest absolute Gasteiger partial charge is 0.492 e. The van der Waals surface area contributed by atoms with Gasteiger partial charge >= 0.3 is 0 Å². The predicted molar refractivity (Wildman–Crippen MR) is 105 cm³/mol. The lowest BCUT2D eigenvalue weighted by atomic mass is 9.74. The van der Waals surface area contributed by atoms with E-state index in [4.69, 9.17) is 4.74 Å². The van der Waals surface area contributed by atoms with E-state index in [2.05, 4.69) is 28.4 Å². The molecule has 5 heteroatoms. The molecule has 0 radical (unpaired) electrons. The molecule has 1 heterocycles. The van der Waals surface area contributed by atoms with Crippen LogP contribution in [-0.4, -0.2) is 43.6 Å². The molecule has 0 unspecified atom stereocenters. The van der Waals surface area contributed by atoms with Crippen molar-refractivity contribution >= 4 is 5.91 Å². The summed E-state index contributed by atoms with van der Waals surface area (Å²) < 4.78 is 5.83. The van der Waals surface area contributed by atoms with E-state index in [1.165, 1.54) is 25.9 Å². The Labute approximate surface area is 162 Å². The lowest BCUT2D eigenvalue weighted by Crippen LogP contribution is -2.42. The average Bonchev–Trinajstić information content (AvgIpc) is 3.23. The predicted octanol–water partition coefficient (Wildman–Crippen LogP) is 3.29. The minimum atomic E-state index is -0.800. The Balaban J connectivity index is 1.38. The van der Waals surface area contributed by atoms with Crippen LogP contribution in [0.4, 0.5) is 0 Å². The fraction of sp³-hybridized carbons (Fsp3) is 0.636. The number of nitrogens with zero attached hydrogens (tertiary/aromatic N) is 2. The van der Waals surface area contributed by atoms with Crippen LogP contribution in [0.3, 0.4) is 0 Å². The van der Waals surface area contributed by atoms with Gasteiger partial charge in [0, 0.05) is 13.1 Å². The van der Waals surface area contributed by atoms with Crippen molar-refractivity contribution in [3.05, 3.63) is 29.8 Å². The van der Waals surface area contributed by atoms with Crippen LogP contribution >= 0.6 is 0 Å². The quantitative estimate of drug-likeness (QED) is 0.764. The molecule has 1 saturated carbocycles. The molecule has 3 rings (SSSR count). The standard InChI is InChI=1S/C22H31N3O2/c23-18-22(11-2-1-3-12-22)21(26)24-13-10-19-6-8-20(9-7-19)27-17-16-25-14-4-5-15-25/h6-9H,1-5,10-17H2,(H,24,26). The SMILES string of the molecule is N#CC1(C(=O)NCCc2ccc(OCCN3CCCC3)cc2)CCCCC1. The van der Waals surface area contributed by atoms with Crippen molar-refractivity contribution in [1.29, 1.82) is 5.26 Å². The van der Waals surface area contributed by atoms with Gasteiger partial charge in [0.25, 0.3) is 0 Å². The average molecular weight is 370 g/mol. The van der Waals surface area contributed by atoms with Gasteiger partial charge in [0.2, 0.25) is 5.91 Å². The monoisotopic (exact) mass is 369 g/mol. The minimum absolute atomic E-state index is 0.0911. The summed E-state index contributed by atoms with van der Waals surface area (Å²) in [5, 5.41) is 12.4. The summed E-state index contributed by atoms with van der Waals surface area (Å²) in [6.07, 6.45) is 7.84. The third kappa shape index (κ3) is 5.46. The fourth-order valence-electron chi connectivity index (χ4n) is 4.09. The Morgan fingerprint density at radius 3 is 2.48 bits per heavy atom. The highest BCUT2D eigenvalue weighted by atomic mass is 16.5. The molecule has 0 aromatic heterocycles. The highest BCUT2D eigenvalue weighted by Crippen LogP contribution is 2.35. The third-order valence-corrected chi connectivity index (χ3v) is 5.85. The van der Waals surface area contributed by atoms with Crippen LogP contribution in [0.15, 0.2) is 24.3 Å². The van der Waals surface area contributed by atoms with Gasteiger partial charge in [0.05, 0.1) is 6.07 Å². The van der Waals surface area contributed by atoms with Crippen molar-refractivity contribution in [3.8, 4) is 11.8 Å². The molecule has 1 amide bonds. The Hall–Kier alpha value is -2.06. The first kappa shape index (κ1) is 19.7. The van der Waals surface area contributed by atoms with Crippen LogP contribution < -0.4 is 10.1 Å². The van der Waals surface area contributed by atoms with E-state index in [-0.39, 0.29) is 5.91 Å². The number of carbonyl (C=O) groups is 1. The lowest BCUT2D eigenvalue weighted by Gasteiger charge is -2.29. The molecular formula is C22H31N3O2. The van der Waals surface area contributed by atoms with Gasteiger partial charge in [0.1, 0.15) is 17.8 Å². The van der Waals surface area contributed by atoms with Gasteiger partial charge in [-0.1, -0.05) is 31.4 Å². The molecule has 0 spiro atoms. The smallest absolute Gasteiger partial charge is 0.240 e. The van der Waals surface area contributed by atoms with E-state index in [1.807, 2.05) is 12.1 Å². The first-order valence-electron chi connectivity index (χ1n) is 10.4. The van der Waals surface area contributed by atoms with Crippen molar-refractivity contribution in [2.75, 3.05) is 32.8 Å². The number of hydrogen-bond donors (Lipinski definition) is 1. The molecule has 1 saturated heterocycles. The number of likely N-dealkylation sites (tertiary alicyclic amines) is 1. The summed E-state index contributed by atoms with van der Waals surface area (Å²) >= 11 is 0. The second-order valence-corrected chi connectivity index (χ2v) is 7.80. The summed E-state index contributed by atoms with van der Waals surface area (Å²) in [7, 11) is 0. The molecule has 1 N–H and O–H groups in total. The zero-order valence-electron chi connectivity index (χ0n) is 16.2. The zero-order valence-corrected chi connectivity index (χ0v) is 16.2. The number of benzene rings is 1. The second-order valence-electron chi connectivity index (χ2n) is 7.80. The summed E-state index contributed by atoms with van der Waals surface area (Å²) in [4.78, 5) is 14.9. The van der Waals surface area contributed by atoms with Gasteiger partial charge in [-0.3, -0.25) is 9.69 Å². The fourth-order valence-corrected chi connectivity index (χ4v) is 4.09. The minimum Gasteiger partial charge on any atom is -0.492 e. The van der Waals surface area contributed by atoms with Crippen LogP contribution in [-0.2, 0) is 11.2 Å². The Kier molecular flexibility index (Phi) is 7.11. The molecule has 1 aliphatic heterocycles. The van der Waals surface area contributed by atoms with Crippen LogP contribution in [0.5, 0.6) is 5.75 Å². The molecule has 1 aliphatic carbocycles. The first-order chi connectivity index (χ1) is 13.2. The van der Waals surface area contributed by atoms with E-state index < -0.39 is 5.41 Å². The van der Waals surface area contributed by atoms with Crippen LogP contribution in [0, 0.1) is 16.7 Å². The Morgan fingerprint density at radius 1 is 1.11 bits per heavy atom. The number of hydrogen-bond acceptors (Lipinski definition) is 4. The molecule has 146 valence electrons. The lowest BCUT2D eigenvalue weighted by molar-refractivity contribution is -0.129. The molecule has 2 aliphatic rings. The van der Waals surface area contributed by atoms with Gasteiger partial charge < -0.3 is 10.1 Å². The van der Waals surface area contributed by atoms with Crippen molar-refractivity contribution < 1.29 is 9.53 Å². The van der Waals surface area contributed by atoms with Gasteiger partial charge in [-0.25, -0.2) is 0 Å². The molecular weight excluding hydrogens is 338 g/mol. The number of ether oxygens (including phenoxy) is 1. The number of rotatable bonds is 8. The number of carbonyl (C=O) groups excluding carboxylic acids is 1. The van der Waals surface area contributed by atoms with E-state index in [1.54, 1.807) is 0 Å². The molecule has 0 atom stereocenters. The maximum absolute atomic E-state index is 12.5. The van der Waals surface area contributed by atoms with E-state index in [9.17, 15) is 10.1 Å². The highest BCUT2D eigenvalue weighted by molar-refractivity contribution is 5.85. The summed E-state index contributed by atoms with van der Waals surface area (Å²) in [5.74, 6) is 0.805. The van der Waals surface area contributed by atoms with E-state index >= 15 is 0 Å². The van der Waals surface area contributed by atoms with Crippen LogP contribution in [0.1, 0.15) is 50.5 Å². The van der Waals surface area contributed by atoms with Crippen molar-refractivity contribution in [3.63, 3.8) is 0 Å². The topological polar surface area (TPSA) is 65.4 Å². The summed E-state index contributed by atoms with van der Waals surface area (Å²) in [6, 6.07) is 10.4. The normalized spacial score (nSPS) is 19.4. The molecule has 1 aromatic carbocycles. The molecule has 0 bridgehead atoms. The zero-order chi connectivity index (χ0) is 19.0. The molecule has 2 fully saturated rings. The van der Waals surface area contributed by atoms with E-state index in [0.717, 1.165) is 50.1 Å². The van der Waals surface area contributed by atoms with Gasteiger partial charge in [0.15, 0.2) is 0 Å². The van der Waals surface area contributed by atoms with Crippen molar-refractivity contribution in [2.24, 2.45) is 5.41 Å². The van der Waals surface area contributed by atoms with Crippen LogP contribution in [0.2, 0.25) is 0 Å². The summed E-state index contributed by atoms with van der Waals surface area (Å²) in [5.41, 5.74) is 0.363. The number of amides is 1. The molecule has 1 aromatic rings. The van der Waals surface area contributed by atoms with Gasteiger partial charge in [-0.2, -0.15) is 5.26 Å². The maximum atomic E-state index is 12.5. The first-order valence-corrected chi connectivity index (χ1v) is 10.4. The molecule has 27 heavy (non-hydrogen) atoms. The Bertz CT molecular complexity index is 639. The van der Waals surface area contributed by atoms with Gasteiger partial charge in [-0.05, 0) is 62.9 Å². The van der Waals surface area contributed by atoms with Gasteiger partial charge in [-0.15, -0.1) is 0 Å². The van der Waals surface area contributed by atoms with Crippen molar-refractivity contribution in [1.82, 2.24) is 10.2 Å². The summed E-state index contributed by atoms with van der Waals surface area (Å²) in [6.45, 7) is 4.68. The van der Waals surface area contributed by atoms with Crippen molar-refractivity contribution in [2.45, 2.75) is 51.4 Å².